The van der Waals surface area contributed by atoms with E-state index in [1.54, 1.807) is 31.3 Å². The van der Waals surface area contributed by atoms with Crippen molar-refractivity contribution >= 4 is 11.7 Å². The Hall–Kier alpha value is -3.08. The number of carbonyl (C=O) groups excluding carboxylic acids is 2. The number of benzene rings is 2. The SMILES string of the molecule is COc1cc(CCN2CC(C(=O)c3ccccc3)=CC2=O)cc(OC)c1. The Labute approximate surface area is 152 Å². The third-order valence-electron chi connectivity index (χ3n) is 4.38. The van der Waals surface area contributed by atoms with Gasteiger partial charge in [0.25, 0.3) is 0 Å². The van der Waals surface area contributed by atoms with Crippen molar-refractivity contribution in [3.05, 3.63) is 71.3 Å². The molecule has 0 radical (unpaired) electrons. The summed E-state index contributed by atoms with van der Waals surface area (Å²) in [6.07, 6.45) is 2.10. The van der Waals surface area contributed by atoms with Crippen LogP contribution in [-0.2, 0) is 11.2 Å². The molecule has 134 valence electrons. The Bertz CT molecular complexity index is 820. The highest BCUT2D eigenvalue weighted by molar-refractivity contribution is 6.14. The zero-order chi connectivity index (χ0) is 18.5. The Kier molecular flexibility index (Phi) is 5.37. The molecule has 1 heterocycles. The van der Waals surface area contributed by atoms with Crippen molar-refractivity contribution in [2.45, 2.75) is 6.42 Å². The summed E-state index contributed by atoms with van der Waals surface area (Å²) in [7, 11) is 3.21. The topological polar surface area (TPSA) is 55.8 Å². The number of hydrogen-bond acceptors (Lipinski definition) is 4. The summed E-state index contributed by atoms with van der Waals surface area (Å²) in [6, 6.07) is 14.7. The molecule has 0 N–H and O–H groups in total. The van der Waals surface area contributed by atoms with Crippen LogP contribution in [0.25, 0.3) is 0 Å². The quantitative estimate of drug-likeness (QED) is 0.720. The van der Waals surface area contributed by atoms with Gasteiger partial charge in [-0.05, 0) is 24.1 Å². The largest absolute Gasteiger partial charge is 0.497 e. The molecule has 0 fully saturated rings. The number of ketones is 1. The van der Waals surface area contributed by atoms with Crippen LogP contribution in [0.3, 0.4) is 0 Å². The summed E-state index contributed by atoms with van der Waals surface area (Å²) in [5.41, 5.74) is 2.15. The van der Waals surface area contributed by atoms with Gasteiger partial charge >= 0.3 is 0 Å². The maximum absolute atomic E-state index is 12.5. The van der Waals surface area contributed by atoms with Crippen LogP contribution in [0.5, 0.6) is 11.5 Å². The highest BCUT2D eigenvalue weighted by atomic mass is 16.5. The third-order valence-corrected chi connectivity index (χ3v) is 4.38. The monoisotopic (exact) mass is 351 g/mol. The Morgan fingerprint density at radius 2 is 1.69 bits per heavy atom. The molecule has 5 nitrogen and oxygen atoms in total. The molecule has 0 aliphatic carbocycles. The summed E-state index contributed by atoms with van der Waals surface area (Å²) in [6.45, 7) is 0.866. The number of Topliss-reactive ketones (excluding diaryl/α,β-unsaturated/α-hetero) is 1. The van der Waals surface area contributed by atoms with Crippen molar-refractivity contribution in [2.24, 2.45) is 0 Å². The maximum atomic E-state index is 12.5. The van der Waals surface area contributed by atoms with Gasteiger partial charge in [0.1, 0.15) is 11.5 Å². The fraction of sp³-hybridized carbons (Fsp3) is 0.238. The third kappa shape index (κ3) is 3.94. The maximum Gasteiger partial charge on any atom is 0.247 e. The first-order chi connectivity index (χ1) is 12.6. The molecule has 0 saturated heterocycles. The summed E-state index contributed by atoms with van der Waals surface area (Å²) in [4.78, 5) is 26.4. The predicted molar refractivity (Wildman–Crippen MR) is 98.7 cm³/mol. The van der Waals surface area contributed by atoms with Gasteiger partial charge in [-0.25, -0.2) is 0 Å². The number of nitrogens with zero attached hydrogens (tertiary/aromatic N) is 1. The molecule has 1 aliphatic rings. The first-order valence-electron chi connectivity index (χ1n) is 8.42. The average molecular weight is 351 g/mol. The van der Waals surface area contributed by atoms with Crippen molar-refractivity contribution in [2.75, 3.05) is 27.3 Å². The van der Waals surface area contributed by atoms with E-state index in [1.807, 2.05) is 36.4 Å². The minimum absolute atomic E-state index is 0.0931. The predicted octanol–water partition coefficient (Wildman–Crippen LogP) is 2.90. The lowest BCUT2D eigenvalue weighted by atomic mass is 10.0. The van der Waals surface area contributed by atoms with Gasteiger partial charge in [0, 0.05) is 29.8 Å². The molecule has 0 atom stereocenters. The molecular weight excluding hydrogens is 330 g/mol. The molecule has 1 amide bonds. The van der Waals surface area contributed by atoms with Gasteiger partial charge in [-0.3, -0.25) is 9.59 Å². The minimum atomic E-state index is -0.126. The summed E-state index contributed by atoms with van der Waals surface area (Å²) in [5, 5.41) is 0. The van der Waals surface area contributed by atoms with Crippen LogP contribution in [0, 0.1) is 0 Å². The minimum Gasteiger partial charge on any atom is -0.497 e. The molecule has 0 aromatic heterocycles. The van der Waals surface area contributed by atoms with E-state index in [0.717, 1.165) is 5.56 Å². The number of ether oxygens (including phenoxy) is 2. The number of carbonyl (C=O) groups is 2. The van der Waals surface area contributed by atoms with E-state index in [4.69, 9.17) is 9.47 Å². The molecule has 2 aromatic carbocycles. The van der Waals surface area contributed by atoms with Gasteiger partial charge in [0.05, 0.1) is 20.8 Å². The lowest BCUT2D eigenvalue weighted by Crippen LogP contribution is -2.29. The lowest BCUT2D eigenvalue weighted by molar-refractivity contribution is -0.124. The fourth-order valence-corrected chi connectivity index (χ4v) is 2.95. The van der Waals surface area contributed by atoms with Crippen LogP contribution in [0.1, 0.15) is 15.9 Å². The molecule has 0 spiro atoms. The van der Waals surface area contributed by atoms with Gasteiger partial charge in [0.2, 0.25) is 5.91 Å². The molecule has 0 bridgehead atoms. The van der Waals surface area contributed by atoms with Crippen molar-refractivity contribution < 1.29 is 19.1 Å². The second-order valence-electron chi connectivity index (χ2n) is 6.10. The molecular formula is C21H21NO4. The zero-order valence-corrected chi connectivity index (χ0v) is 14.9. The molecule has 26 heavy (non-hydrogen) atoms. The number of hydrogen-bond donors (Lipinski definition) is 0. The molecule has 0 saturated carbocycles. The van der Waals surface area contributed by atoms with Crippen LogP contribution >= 0.6 is 0 Å². The number of rotatable bonds is 7. The number of methoxy groups -OCH3 is 2. The standard InChI is InChI=1S/C21H21NO4/c1-25-18-10-15(11-19(13-18)26-2)8-9-22-14-17(12-20(22)23)21(24)16-6-4-3-5-7-16/h3-7,10-13H,8-9,14H2,1-2H3. The first kappa shape index (κ1) is 17.7. The van der Waals surface area contributed by atoms with Crippen LogP contribution in [0.15, 0.2) is 60.2 Å². The smallest absolute Gasteiger partial charge is 0.247 e. The van der Waals surface area contributed by atoms with E-state index in [0.29, 0.717) is 42.1 Å². The molecule has 0 unspecified atom stereocenters. The lowest BCUT2D eigenvalue weighted by Gasteiger charge is -2.17. The molecule has 1 aliphatic heterocycles. The first-order valence-corrected chi connectivity index (χ1v) is 8.42. The van der Waals surface area contributed by atoms with E-state index in [-0.39, 0.29) is 11.7 Å². The zero-order valence-electron chi connectivity index (χ0n) is 14.9. The Balaban J connectivity index is 1.64. The van der Waals surface area contributed by atoms with Crippen molar-refractivity contribution in [3.63, 3.8) is 0 Å². The van der Waals surface area contributed by atoms with Gasteiger partial charge in [-0.1, -0.05) is 30.3 Å². The normalized spacial score (nSPS) is 13.5. The molecule has 5 heteroatoms. The van der Waals surface area contributed by atoms with E-state index in [2.05, 4.69) is 0 Å². The van der Waals surface area contributed by atoms with Crippen LogP contribution in [-0.4, -0.2) is 43.9 Å². The van der Waals surface area contributed by atoms with Crippen molar-refractivity contribution in [1.82, 2.24) is 4.90 Å². The van der Waals surface area contributed by atoms with Crippen LogP contribution in [0.2, 0.25) is 0 Å². The number of amides is 1. The fourth-order valence-electron chi connectivity index (χ4n) is 2.95. The highest BCUT2D eigenvalue weighted by Crippen LogP contribution is 2.23. The van der Waals surface area contributed by atoms with E-state index >= 15 is 0 Å². The highest BCUT2D eigenvalue weighted by Gasteiger charge is 2.26. The molecule has 3 rings (SSSR count). The Morgan fingerprint density at radius 3 is 2.31 bits per heavy atom. The van der Waals surface area contributed by atoms with E-state index < -0.39 is 0 Å². The van der Waals surface area contributed by atoms with Gasteiger partial charge in [-0.2, -0.15) is 0 Å². The van der Waals surface area contributed by atoms with Gasteiger partial charge in [-0.15, -0.1) is 0 Å². The van der Waals surface area contributed by atoms with E-state index in [9.17, 15) is 9.59 Å². The van der Waals surface area contributed by atoms with Gasteiger partial charge in [0.15, 0.2) is 5.78 Å². The second-order valence-corrected chi connectivity index (χ2v) is 6.10. The Morgan fingerprint density at radius 1 is 1.04 bits per heavy atom. The van der Waals surface area contributed by atoms with Crippen molar-refractivity contribution in [1.29, 1.82) is 0 Å². The summed E-state index contributed by atoms with van der Waals surface area (Å²) >= 11 is 0. The second kappa shape index (κ2) is 7.87. The molecule has 2 aromatic rings. The average Bonchev–Trinajstić information content (AvgIpc) is 3.06. The van der Waals surface area contributed by atoms with Gasteiger partial charge < -0.3 is 14.4 Å². The van der Waals surface area contributed by atoms with Crippen LogP contribution < -0.4 is 9.47 Å². The van der Waals surface area contributed by atoms with Crippen molar-refractivity contribution in [3.8, 4) is 11.5 Å². The summed E-state index contributed by atoms with van der Waals surface area (Å²) < 4.78 is 10.5. The van der Waals surface area contributed by atoms with E-state index in [1.165, 1.54) is 6.08 Å². The van der Waals surface area contributed by atoms with Crippen LogP contribution in [0.4, 0.5) is 0 Å². The summed E-state index contributed by atoms with van der Waals surface area (Å²) in [5.74, 6) is 1.21.